The van der Waals surface area contributed by atoms with Crippen molar-refractivity contribution in [3.05, 3.63) is 29.3 Å². The average molecular weight is 222 g/mol. The number of hydrogen-bond donors (Lipinski definition) is 1. The Balaban J connectivity index is 3.10. The summed E-state index contributed by atoms with van der Waals surface area (Å²) in [7, 11) is 3.12. The van der Waals surface area contributed by atoms with Crippen LogP contribution in [0.1, 0.15) is 19.4 Å². The Morgan fingerprint density at radius 2 is 1.94 bits per heavy atom. The van der Waals surface area contributed by atoms with Crippen molar-refractivity contribution in [2.45, 2.75) is 20.3 Å². The zero-order valence-electron chi connectivity index (χ0n) is 10.2. The van der Waals surface area contributed by atoms with Crippen molar-refractivity contribution in [1.82, 2.24) is 0 Å². The molecule has 0 aliphatic heterocycles. The number of phenolic OH excluding ortho intramolecular Hbond substituents is 1. The van der Waals surface area contributed by atoms with Crippen LogP contribution in [-0.4, -0.2) is 19.3 Å². The second kappa shape index (κ2) is 5.45. The van der Waals surface area contributed by atoms with Crippen LogP contribution in [0.3, 0.4) is 0 Å². The van der Waals surface area contributed by atoms with Crippen molar-refractivity contribution in [2.24, 2.45) is 0 Å². The van der Waals surface area contributed by atoms with E-state index >= 15 is 0 Å². The Morgan fingerprint density at radius 1 is 1.25 bits per heavy atom. The largest absolute Gasteiger partial charge is 0.504 e. The van der Waals surface area contributed by atoms with Gasteiger partial charge in [-0.25, -0.2) is 0 Å². The minimum atomic E-state index is 0.181. The maximum Gasteiger partial charge on any atom is 0.164 e. The van der Waals surface area contributed by atoms with Crippen molar-refractivity contribution < 1.29 is 14.6 Å². The SMILES string of the molecule is COc1cc(CC=C(C)C)c(O)c(OC)c1. The highest BCUT2D eigenvalue weighted by atomic mass is 16.5. The van der Waals surface area contributed by atoms with Crippen LogP contribution in [-0.2, 0) is 6.42 Å². The molecule has 0 bridgehead atoms. The summed E-state index contributed by atoms with van der Waals surface area (Å²) in [6.07, 6.45) is 2.72. The number of rotatable bonds is 4. The lowest BCUT2D eigenvalue weighted by molar-refractivity contribution is 0.362. The Bertz CT molecular complexity index is 390. The molecular formula is C13H18O3. The maximum atomic E-state index is 9.91. The second-order valence-electron chi connectivity index (χ2n) is 3.82. The molecule has 0 aliphatic carbocycles. The lowest BCUT2D eigenvalue weighted by Gasteiger charge is -2.10. The first-order valence-corrected chi connectivity index (χ1v) is 5.15. The zero-order valence-corrected chi connectivity index (χ0v) is 10.2. The third-order valence-corrected chi connectivity index (χ3v) is 2.31. The topological polar surface area (TPSA) is 38.7 Å². The van der Waals surface area contributed by atoms with Gasteiger partial charge in [0.05, 0.1) is 14.2 Å². The summed E-state index contributed by atoms with van der Waals surface area (Å²) in [5.74, 6) is 1.31. The Labute approximate surface area is 96.3 Å². The molecule has 3 heteroatoms. The van der Waals surface area contributed by atoms with Crippen LogP contribution in [0.15, 0.2) is 23.8 Å². The number of phenols is 1. The van der Waals surface area contributed by atoms with E-state index in [1.165, 1.54) is 12.7 Å². The predicted molar refractivity (Wildman–Crippen MR) is 64.3 cm³/mol. The zero-order chi connectivity index (χ0) is 12.1. The first-order chi connectivity index (χ1) is 7.58. The minimum absolute atomic E-state index is 0.181. The molecule has 0 spiro atoms. The average Bonchev–Trinajstić information content (AvgIpc) is 2.27. The first-order valence-electron chi connectivity index (χ1n) is 5.15. The molecular weight excluding hydrogens is 204 g/mol. The quantitative estimate of drug-likeness (QED) is 0.796. The monoisotopic (exact) mass is 222 g/mol. The number of hydrogen-bond acceptors (Lipinski definition) is 3. The van der Waals surface area contributed by atoms with Crippen LogP contribution in [0.4, 0.5) is 0 Å². The molecule has 0 aromatic heterocycles. The highest BCUT2D eigenvalue weighted by Crippen LogP contribution is 2.34. The fourth-order valence-corrected chi connectivity index (χ4v) is 1.38. The van der Waals surface area contributed by atoms with E-state index in [0.29, 0.717) is 17.9 Å². The molecule has 1 rings (SSSR count). The fourth-order valence-electron chi connectivity index (χ4n) is 1.38. The lowest BCUT2D eigenvalue weighted by atomic mass is 10.1. The van der Waals surface area contributed by atoms with Gasteiger partial charge in [-0.05, 0) is 26.3 Å². The van der Waals surface area contributed by atoms with Crippen molar-refractivity contribution in [3.8, 4) is 17.2 Å². The van der Waals surface area contributed by atoms with Gasteiger partial charge in [-0.15, -0.1) is 0 Å². The standard InChI is InChI=1S/C13H18O3/c1-9(2)5-6-10-7-11(15-3)8-12(16-4)13(10)14/h5,7-8,14H,6H2,1-4H3. The Kier molecular flexibility index (Phi) is 4.23. The van der Waals surface area contributed by atoms with Gasteiger partial charge in [-0.3, -0.25) is 0 Å². The van der Waals surface area contributed by atoms with Gasteiger partial charge in [0, 0.05) is 11.6 Å². The molecule has 1 aromatic rings. The molecule has 3 nitrogen and oxygen atoms in total. The smallest absolute Gasteiger partial charge is 0.164 e. The normalized spacial score (nSPS) is 9.75. The molecule has 0 radical (unpaired) electrons. The highest BCUT2D eigenvalue weighted by Gasteiger charge is 2.09. The van der Waals surface area contributed by atoms with E-state index in [2.05, 4.69) is 0 Å². The fraction of sp³-hybridized carbons (Fsp3) is 0.385. The van der Waals surface area contributed by atoms with Crippen molar-refractivity contribution in [1.29, 1.82) is 0 Å². The molecule has 16 heavy (non-hydrogen) atoms. The van der Waals surface area contributed by atoms with Crippen LogP contribution in [0, 0.1) is 0 Å². The molecule has 0 saturated heterocycles. The maximum absolute atomic E-state index is 9.91. The summed E-state index contributed by atoms with van der Waals surface area (Å²) in [5, 5.41) is 9.91. The van der Waals surface area contributed by atoms with E-state index in [-0.39, 0.29) is 5.75 Å². The third-order valence-electron chi connectivity index (χ3n) is 2.31. The molecule has 0 aliphatic rings. The van der Waals surface area contributed by atoms with E-state index < -0.39 is 0 Å². The summed E-state index contributed by atoms with van der Waals surface area (Å²) in [6.45, 7) is 4.04. The summed E-state index contributed by atoms with van der Waals surface area (Å²) in [5.41, 5.74) is 2.01. The van der Waals surface area contributed by atoms with Crippen LogP contribution in [0.2, 0.25) is 0 Å². The molecule has 0 fully saturated rings. The van der Waals surface area contributed by atoms with Gasteiger partial charge in [0.25, 0.3) is 0 Å². The minimum Gasteiger partial charge on any atom is -0.504 e. The van der Waals surface area contributed by atoms with Crippen molar-refractivity contribution in [3.63, 3.8) is 0 Å². The Morgan fingerprint density at radius 3 is 2.44 bits per heavy atom. The lowest BCUT2D eigenvalue weighted by Crippen LogP contribution is -1.92. The molecule has 1 N–H and O–H groups in total. The highest BCUT2D eigenvalue weighted by molar-refractivity contribution is 5.51. The summed E-state index contributed by atoms with van der Waals surface area (Å²) in [4.78, 5) is 0. The number of aromatic hydroxyl groups is 1. The van der Waals surface area contributed by atoms with E-state index in [9.17, 15) is 5.11 Å². The molecule has 0 atom stereocenters. The summed E-state index contributed by atoms with van der Waals surface area (Å²) in [6, 6.07) is 3.48. The van der Waals surface area contributed by atoms with E-state index in [0.717, 1.165) is 5.56 Å². The van der Waals surface area contributed by atoms with Gasteiger partial charge in [0.1, 0.15) is 5.75 Å². The number of benzene rings is 1. The van der Waals surface area contributed by atoms with Gasteiger partial charge < -0.3 is 14.6 Å². The summed E-state index contributed by atoms with van der Waals surface area (Å²) >= 11 is 0. The van der Waals surface area contributed by atoms with Gasteiger partial charge >= 0.3 is 0 Å². The molecule has 1 aromatic carbocycles. The molecule has 88 valence electrons. The van der Waals surface area contributed by atoms with E-state index in [1.54, 1.807) is 13.2 Å². The van der Waals surface area contributed by atoms with Gasteiger partial charge in [-0.2, -0.15) is 0 Å². The molecule has 0 unspecified atom stereocenters. The molecule has 0 amide bonds. The van der Waals surface area contributed by atoms with Gasteiger partial charge in [0.15, 0.2) is 11.5 Å². The number of methoxy groups -OCH3 is 2. The molecule has 0 saturated carbocycles. The van der Waals surface area contributed by atoms with Crippen LogP contribution in [0.5, 0.6) is 17.2 Å². The number of ether oxygens (including phenoxy) is 2. The van der Waals surface area contributed by atoms with Crippen LogP contribution < -0.4 is 9.47 Å². The number of allylic oxidation sites excluding steroid dienone is 2. The first kappa shape index (κ1) is 12.4. The van der Waals surface area contributed by atoms with E-state index in [4.69, 9.17) is 9.47 Å². The van der Waals surface area contributed by atoms with Crippen LogP contribution in [0.25, 0.3) is 0 Å². The second-order valence-corrected chi connectivity index (χ2v) is 3.82. The van der Waals surface area contributed by atoms with Crippen LogP contribution >= 0.6 is 0 Å². The van der Waals surface area contributed by atoms with Gasteiger partial charge in [0.2, 0.25) is 0 Å². The van der Waals surface area contributed by atoms with Crippen molar-refractivity contribution >= 4 is 0 Å². The van der Waals surface area contributed by atoms with E-state index in [1.807, 2.05) is 26.0 Å². The van der Waals surface area contributed by atoms with Crippen molar-refractivity contribution in [2.75, 3.05) is 14.2 Å². The molecule has 0 heterocycles. The Hall–Kier alpha value is -1.64. The van der Waals surface area contributed by atoms with Gasteiger partial charge in [-0.1, -0.05) is 11.6 Å². The predicted octanol–water partition coefficient (Wildman–Crippen LogP) is 2.92. The summed E-state index contributed by atoms with van der Waals surface area (Å²) < 4.78 is 10.2. The third kappa shape index (κ3) is 2.92.